The summed E-state index contributed by atoms with van der Waals surface area (Å²) < 4.78 is 4.26. The standard InChI is InChI=1S/C6H9O3/c1-3-5(7)9-6(8)4-2/h3,7H,1,4H2,2H3. The highest BCUT2D eigenvalue weighted by Crippen LogP contribution is 1.98. The molecule has 51 valence electrons. The van der Waals surface area contributed by atoms with Crippen molar-refractivity contribution in [2.45, 2.75) is 13.3 Å². The van der Waals surface area contributed by atoms with Gasteiger partial charge in [0, 0.05) is 6.42 Å². The topological polar surface area (TPSA) is 46.5 Å². The van der Waals surface area contributed by atoms with Crippen molar-refractivity contribution < 1.29 is 14.6 Å². The maximum Gasteiger partial charge on any atom is 0.308 e. The van der Waals surface area contributed by atoms with E-state index in [1.165, 1.54) is 0 Å². The lowest BCUT2D eigenvalue weighted by Gasteiger charge is -2.01. The van der Waals surface area contributed by atoms with Crippen LogP contribution >= 0.6 is 0 Å². The minimum atomic E-state index is -0.465. The van der Waals surface area contributed by atoms with Crippen LogP contribution < -0.4 is 0 Å². The average molecular weight is 129 g/mol. The number of carbonyl (C=O) groups excluding carboxylic acids is 1. The average Bonchev–Trinajstić information content (AvgIpc) is 1.87. The van der Waals surface area contributed by atoms with Gasteiger partial charge < -0.3 is 9.84 Å². The van der Waals surface area contributed by atoms with Crippen LogP contribution in [0.2, 0.25) is 0 Å². The van der Waals surface area contributed by atoms with Crippen molar-refractivity contribution in [2.75, 3.05) is 0 Å². The van der Waals surface area contributed by atoms with E-state index in [9.17, 15) is 4.79 Å². The van der Waals surface area contributed by atoms with Gasteiger partial charge in [0.1, 0.15) is 0 Å². The molecule has 0 saturated heterocycles. The van der Waals surface area contributed by atoms with Gasteiger partial charge in [-0.15, -0.1) is 0 Å². The van der Waals surface area contributed by atoms with Gasteiger partial charge in [-0.05, 0) is 6.08 Å². The highest BCUT2D eigenvalue weighted by atomic mass is 16.6. The summed E-state index contributed by atoms with van der Waals surface area (Å²) in [6.07, 6.45) is 0.868. The van der Waals surface area contributed by atoms with Crippen molar-refractivity contribution in [1.82, 2.24) is 0 Å². The quantitative estimate of drug-likeness (QED) is 0.578. The third-order valence-corrected chi connectivity index (χ3v) is 0.682. The predicted molar refractivity (Wildman–Crippen MR) is 31.8 cm³/mol. The highest BCUT2D eigenvalue weighted by Gasteiger charge is 2.04. The van der Waals surface area contributed by atoms with Gasteiger partial charge in [0.05, 0.1) is 0 Å². The molecule has 3 heteroatoms. The van der Waals surface area contributed by atoms with Crippen molar-refractivity contribution >= 4 is 5.97 Å². The first-order valence-electron chi connectivity index (χ1n) is 2.59. The molecule has 0 aliphatic carbocycles. The molecule has 0 aromatic heterocycles. The lowest BCUT2D eigenvalue weighted by Crippen LogP contribution is -2.06. The largest absolute Gasteiger partial charge is 0.422 e. The number of ether oxygens (including phenoxy) is 1. The van der Waals surface area contributed by atoms with Crippen LogP contribution in [0, 0.1) is 6.29 Å². The van der Waals surface area contributed by atoms with Gasteiger partial charge in [0.25, 0.3) is 0 Å². The number of aliphatic hydroxyl groups excluding tert-OH is 1. The fourth-order valence-corrected chi connectivity index (χ4v) is 0.230. The van der Waals surface area contributed by atoms with E-state index < -0.39 is 12.3 Å². The van der Waals surface area contributed by atoms with Crippen LogP contribution in [0.3, 0.4) is 0 Å². The third-order valence-electron chi connectivity index (χ3n) is 0.682. The van der Waals surface area contributed by atoms with Crippen LogP contribution in [-0.2, 0) is 9.53 Å². The first-order valence-corrected chi connectivity index (χ1v) is 2.59. The number of hydrogen-bond donors (Lipinski definition) is 1. The van der Waals surface area contributed by atoms with Crippen molar-refractivity contribution in [3.63, 3.8) is 0 Å². The predicted octanol–water partition coefficient (Wildman–Crippen LogP) is 0.988. The molecule has 0 aromatic rings. The number of hydrogen-bond acceptors (Lipinski definition) is 3. The SMILES string of the molecule is C=C[C](O)OC(=O)CC. The molecule has 0 saturated carbocycles. The zero-order chi connectivity index (χ0) is 7.28. The summed E-state index contributed by atoms with van der Waals surface area (Å²) in [7, 11) is 0. The number of aliphatic hydroxyl groups is 1. The molecule has 0 fully saturated rings. The van der Waals surface area contributed by atoms with Crippen molar-refractivity contribution in [1.29, 1.82) is 0 Å². The second-order valence-corrected chi connectivity index (χ2v) is 1.37. The first-order chi connectivity index (χ1) is 4.20. The molecule has 0 aliphatic heterocycles. The van der Waals surface area contributed by atoms with E-state index in [0.717, 1.165) is 6.08 Å². The van der Waals surface area contributed by atoms with E-state index in [1.54, 1.807) is 6.92 Å². The zero-order valence-corrected chi connectivity index (χ0v) is 5.26. The molecule has 3 nitrogen and oxygen atoms in total. The molecule has 0 heterocycles. The lowest BCUT2D eigenvalue weighted by molar-refractivity contribution is -0.147. The Morgan fingerprint density at radius 3 is 2.78 bits per heavy atom. The van der Waals surface area contributed by atoms with E-state index in [4.69, 9.17) is 5.11 Å². The minimum absolute atomic E-state index is 0.248. The summed E-state index contributed by atoms with van der Waals surface area (Å²) in [6, 6.07) is 0. The molecule has 1 N–H and O–H groups in total. The summed E-state index contributed by atoms with van der Waals surface area (Å²) in [5, 5.41) is 8.52. The second-order valence-electron chi connectivity index (χ2n) is 1.37. The van der Waals surface area contributed by atoms with Gasteiger partial charge in [-0.3, -0.25) is 4.79 Å². The second kappa shape index (κ2) is 4.09. The van der Waals surface area contributed by atoms with Crippen LogP contribution in [0.5, 0.6) is 0 Å². The minimum Gasteiger partial charge on any atom is -0.422 e. The van der Waals surface area contributed by atoms with Crippen LogP contribution in [-0.4, -0.2) is 11.1 Å². The van der Waals surface area contributed by atoms with Gasteiger partial charge in [-0.1, -0.05) is 13.5 Å². The van der Waals surface area contributed by atoms with Gasteiger partial charge in [0.15, 0.2) is 0 Å². The molecule has 0 bridgehead atoms. The van der Waals surface area contributed by atoms with Crippen LogP contribution in [0.25, 0.3) is 0 Å². The molecule has 0 aromatic carbocycles. The molecule has 0 aliphatic rings. The van der Waals surface area contributed by atoms with Gasteiger partial charge in [0.2, 0.25) is 0 Å². The Labute approximate surface area is 53.9 Å². The monoisotopic (exact) mass is 129 g/mol. The molecule has 1 radical (unpaired) electrons. The number of esters is 1. The fraction of sp³-hybridized carbons (Fsp3) is 0.333. The van der Waals surface area contributed by atoms with E-state index >= 15 is 0 Å². The Hall–Kier alpha value is -0.830. The number of carbonyl (C=O) groups is 1. The van der Waals surface area contributed by atoms with Gasteiger partial charge in [-0.2, -0.15) is 0 Å². The Kier molecular flexibility index (Phi) is 3.71. The zero-order valence-electron chi connectivity index (χ0n) is 5.26. The maximum atomic E-state index is 10.3. The summed E-state index contributed by atoms with van der Waals surface area (Å²) >= 11 is 0. The van der Waals surface area contributed by atoms with E-state index in [0.29, 0.717) is 0 Å². The smallest absolute Gasteiger partial charge is 0.308 e. The van der Waals surface area contributed by atoms with Gasteiger partial charge in [-0.25, -0.2) is 0 Å². The van der Waals surface area contributed by atoms with E-state index in [1.807, 2.05) is 0 Å². The Morgan fingerprint density at radius 2 is 2.44 bits per heavy atom. The van der Waals surface area contributed by atoms with Crippen molar-refractivity contribution in [3.8, 4) is 0 Å². The molecule has 9 heavy (non-hydrogen) atoms. The molecule has 0 amide bonds. The third kappa shape index (κ3) is 3.73. The summed E-state index contributed by atoms with van der Waals surface area (Å²) in [5.74, 6) is -0.465. The fourth-order valence-electron chi connectivity index (χ4n) is 0.230. The van der Waals surface area contributed by atoms with Crippen molar-refractivity contribution in [2.24, 2.45) is 0 Å². The Balaban J connectivity index is 3.46. The molecule has 0 unspecified atom stereocenters. The molecule has 0 spiro atoms. The van der Waals surface area contributed by atoms with Crippen LogP contribution in [0.4, 0.5) is 0 Å². The molecule has 0 rings (SSSR count). The van der Waals surface area contributed by atoms with Crippen molar-refractivity contribution in [3.05, 3.63) is 18.9 Å². The normalized spacial score (nSPS) is 9.22. The molecular weight excluding hydrogens is 120 g/mol. The Morgan fingerprint density at radius 1 is 1.89 bits per heavy atom. The van der Waals surface area contributed by atoms with Gasteiger partial charge >= 0.3 is 12.3 Å². The van der Waals surface area contributed by atoms with Crippen LogP contribution in [0.15, 0.2) is 12.7 Å². The van der Waals surface area contributed by atoms with Crippen LogP contribution in [0.1, 0.15) is 13.3 Å². The molecule has 0 atom stereocenters. The summed E-state index contributed by atoms with van der Waals surface area (Å²) in [4.78, 5) is 10.3. The first kappa shape index (κ1) is 8.17. The summed E-state index contributed by atoms with van der Waals surface area (Å²) in [6.45, 7) is 4.82. The lowest BCUT2D eigenvalue weighted by atomic mass is 10.5. The highest BCUT2D eigenvalue weighted by molar-refractivity contribution is 5.69. The Bertz CT molecular complexity index is 109. The summed E-state index contributed by atoms with van der Waals surface area (Å²) in [5.41, 5.74) is 0. The maximum absolute atomic E-state index is 10.3. The molecular formula is C6H9O3. The van der Waals surface area contributed by atoms with E-state index in [2.05, 4.69) is 11.3 Å². The van der Waals surface area contributed by atoms with E-state index in [-0.39, 0.29) is 6.42 Å². The number of rotatable bonds is 3.